The first-order chi connectivity index (χ1) is 8.41. The van der Waals surface area contributed by atoms with E-state index in [1.165, 1.54) is 6.07 Å². The Balaban J connectivity index is 2.74. The maximum Gasteiger partial charge on any atom is 0.304 e. The highest BCUT2D eigenvalue weighted by molar-refractivity contribution is 5.66. The Labute approximate surface area is 105 Å². The molecule has 0 aliphatic heterocycles. The van der Waals surface area contributed by atoms with E-state index >= 15 is 0 Å². The zero-order chi connectivity index (χ0) is 13.7. The van der Waals surface area contributed by atoms with Gasteiger partial charge in [-0.25, -0.2) is 0 Å². The monoisotopic (exact) mass is 252 g/mol. The fourth-order valence-corrected chi connectivity index (χ4v) is 1.61. The largest absolute Gasteiger partial charge is 0.481 e. The quantitative estimate of drug-likeness (QED) is 0.597. The van der Waals surface area contributed by atoms with E-state index in [1.54, 1.807) is 19.1 Å². The molecule has 0 amide bonds. The molecule has 0 bridgehead atoms. The number of nitrogens with zero attached hydrogens (tertiary/aromatic N) is 1. The van der Waals surface area contributed by atoms with Gasteiger partial charge in [-0.05, 0) is 19.4 Å². The van der Waals surface area contributed by atoms with Gasteiger partial charge in [-0.15, -0.1) is 0 Å². The van der Waals surface area contributed by atoms with Gasteiger partial charge in [-0.1, -0.05) is 12.1 Å². The molecule has 1 unspecified atom stereocenters. The van der Waals surface area contributed by atoms with E-state index in [0.29, 0.717) is 12.1 Å². The molecule has 6 heteroatoms. The van der Waals surface area contributed by atoms with E-state index in [0.717, 1.165) is 5.56 Å². The van der Waals surface area contributed by atoms with E-state index in [1.807, 2.05) is 6.92 Å². The first kappa shape index (κ1) is 14.1. The van der Waals surface area contributed by atoms with E-state index in [9.17, 15) is 14.9 Å². The minimum atomic E-state index is -0.871. The van der Waals surface area contributed by atoms with Crippen LogP contribution >= 0.6 is 0 Å². The van der Waals surface area contributed by atoms with Crippen LogP contribution in [0.25, 0.3) is 0 Å². The number of hydrogen-bond acceptors (Lipinski definition) is 4. The molecule has 0 saturated heterocycles. The molecule has 0 fully saturated rings. The molecule has 0 radical (unpaired) electrons. The van der Waals surface area contributed by atoms with Gasteiger partial charge in [0, 0.05) is 24.2 Å². The lowest BCUT2D eigenvalue weighted by Gasteiger charge is -2.13. The Bertz CT molecular complexity index is 459. The highest BCUT2D eigenvalue weighted by Crippen LogP contribution is 2.23. The number of rotatable bonds is 6. The summed E-state index contributed by atoms with van der Waals surface area (Å²) in [7, 11) is 0. The highest BCUT2D eigenvalue weighted by Gasteiger charge is 2.14. The van der Waals surface area contributed by atoms with E-state index in [4.69, 9.17) is 5.11 Å². The third-order valence-corrected chi connectivity index (χ3v) is 2.72. The average molecular weight is 252 g/mol. The third-order valence-electron chi connectivity index (χ3n) is 2.72. The summed E-state index contributed by atoms with van der Waals surface area (Å²) in [6.45, 7) is 3.86. The third kappa shape index (κ3) is 3.81. The van der Waals surface area contributed by atoms with Crippen molar-refractivity contribution in [3.63, 3.8) is 0 Å². The van der Waals surface area contributed by atoms with Crippen molar-refractivity contribution in [2.45, 2.75) is 26.3 Å². The lowest BCUT2D eigenvalue weighted by Crippen LogP contribution is -2.22. The number of carboxylic acids is 1. The van der Waals surface area contributed by atoms with E-state index in [-0.39, 0.29) is 18.2 Å². The number of aliphatic carboxylic acids is 1. The summed E-state index contributed by atoms with van der Waals surface area (Å²) in [5.74, 6) is -0.871. The van der Waals surface area contributed by atoms with Gasteiger partial charge in [-0.3, -0.25) is 14.9 Å². The summed E-state index contributed by atoms with van der Waals surface area (Å²) >= 11 is 0. The van der Waals surface area contributed by atoms with Crippen molar-refractivity contribution in [1.82, 2.24) is 5.32 Å². The topological polar surface area (TPSA) is 92.5 Å². The molecule has 0 aliphatic carbocycles. The molecule has 0 aromatic heterocycles. The molecule has 0 spiro atoms. The molecule has 18 heavy (non-hydrogen) atoms. The van der Waals surface area contributed by atoms with E-state index < -0.39 is 10.9 Å². The molecule has 1 atom stereocenters. The predicted octanol–water partition coefficient (Wildman–Crippen LogP) is 2.03. The van der Waals surface area contributed by atoms with Crippen LogP contribution < -0.4 is 5.32 Å². The van der Waals surface area contributed by atoms with Crippen LogP contribution in [0, 0.1) is 17.0 Å². The van der Waals surface area contributed by atoms with Crippen LogP contribution in [-0.4, -0.2) is 22.5 Å². The van der Waals surface area contributed by atoms with Crippen LogP contribution in [0.1, 0.15) is 30.5 Å². The lowest BCUT2D eigenvalue weighted by molar-refractivity contribution is -0.385. The Morgan fingerprint density at radius 2 is 2.22 bits per heavy atom. The Morgan fingerprint density at radius 3 is 2.78 bits per heavy atom. The first-order valence-corrected chi connectivity index (χ1v) is 5.62. The van der Waals surface area contributed by atoms with Crippen molar-refractivity contribution in [3.05, 3.63) is 39.4 Å². The number of nitro groups is 1. The second kappa shape index (κ2) is 6.11. The van der Waals surface area contributed by atoms with Crippen molar-refractivity contribution in [1.29, 1.82) is 0 Å². The molecule has 0 saturated carbocycles. The van der Waals surface area contributed by atoms with Crippen LogP contribution in [0.2, 0.25) is 0 Å². The second-order valence-electron chi connectivity index (χ2n) is 4.12. The van der Waals surface area contributed by atoms with Crippen molar-refractivity contribution in [2.24, 2.45) is 0 Å². The Hall–Kier alpha value is -1.95. The Morgan fingerprint density at radius 1 is 1.56 bits per heavy atom. The van der Waals surface area contributed by atoms with Crippen LogP contribution in [-0.2, 0) is 4.79 Å². The van der Waals surface area contributed by atoms with Crippen molar-refractivity contribution < 1.29 is 14.8 Å². The first-order valence-electron chi connectivity index (χ1n) is 5.62. The van der Waals surface area contributed by atoms with Crippen LogP contribution in [0.5, 0.6) is 0 Å². The number of aryl methyl sites for hydroxylation is 1. The minimum Gasteiger partial charge on any atom is -0.481 e. The number of nitro benzene ring substituents is 1. The smallest absolute Gasteiger partial charge is 0.304 e. The normalized spacial score (nSPS) is 12.1. The highest BCUT2D eigenvalue weighted by atomic mass is 16.6. The molecular formula is C12H16N2O4. The van der Waals surface area contributed by atoms with Crippen molar-refractivity contribution in [3.8, 4) is 0 Å². The summed E-state index contributed by atoms with van der Waals surface area (Å²) in [5, 5.41) is 22.3. The van der Waals surface area contributed by atoms with Crippen LogP contribution in [0.4, 0.5) is 5.69 Å². The van der Waals surface area contributed by atoms with Gasteiger partial charge in [0.15, 0.2) is 0 Å². The molecule has 98 valence electrons. The zero-order valence-corrected chi connectivity index (χ0v) is 10.3. The molecule has 1 aromatic carbocycles. The zero-order valence-electron chi connectivity index (χ0n) is 10.3. The molecule has 6 nitrogen and oxygen atoms in total. The molecular weight excluding hydrogens is 236 g/mol. The van der Waals surface area contributed by atoms with Gasteiger partial charge in [-0.2, -0.15) is 0 Å². The van der Waals surface area contributed by atoms with Gasteiger partial charge in [0.1, 0.15) is 0 Å². The maximum absolute atomic E-state index is 10.8. The van der Waals surface area contributed by atoms with Crippen molar-refractivity contribution >= 4 is 11.7 Å². The molecule has 1 aromatic rings. The fraction of sp³-hybridized carbons (Fsp3) is 0.417. The number of carboxylic acid groups (broad SMARTS) is 1. The van der Waals surface area contributed by atoms with Crippen LogP contribution in [0.15, 0.2) is 18.2 Å². The molecule has 1 rings (SSSR count). The molecule has 2 N–H and O–H groups in total. The predicted molar refractivity (Wildman–Crippen MR) is 66.5 cm³/mol. The number of nitrogens with one attached hydrogen (secondary N) is 1. The summed E-state index contributed by atoms with van der Waals surface area (Å²) < 4.78 is 0. The van der Waals surface area contributed by atoms with Gasteiger partial charge >= 0.3 is 5.97 Å². The summed E-state index contributed by atoms with van der Waals surface area (Å²) in [6, 6.07) is 4.90. The van der Waals surface area contributed by atoms with Crippen LogP contribution in [0.3, 0.4) is 0 Å². The van der Waals surface area contributed by atoms with Gasteiger partial charge in [0.05, 0.1) is 11.3 Å². The summed E-state index contributed by atoms with van der Waals surface area (Å²) in [5.41, 5.74) is 1.47. The Kier molecular flexibility index (Phi) is 4.79. The van der Waals surface area contributed by atoms with Gasteiger partial charge in [0.2, 0.25) is 0 Å². The van der Waals surface area contributed by atoms with Gasteiger partial charge in [0.25, 0.3) is 5.69 Å². The maximum atomic E-state index is 10.8. The minimum absolute atomic E-state index is 0.0261. The second-order valence-corrected chi connectivity index (χ2v) is 4.12. The van der Waals surface area contributed by atoms with Gasteiger partial charge < -0.3 is 10.4 Å². The molecule has 0 heterocycles. The average Bonchev–Trinajstić information content (AvgIpc) is 2.28. The summed E-state index contributed by atoms with van der Waals surface area (Å²) in [6.07, 6.45) is 0.0261. The lowest BCUT2D eigenvalue weighted by atomic mass is 10.0. The van der Waals surface area contributed by atoms with Crippen molar-refractivity contribution in [2.75, 3.05) is 6.54 Å². The fourth-order valence-electron chi connectivity index (χ4n) is 1.61. The number of benzene rings is 1. The van der Waals surface area contributed by atoms with E-state index in [2.05, 4.69) is 5.32 Å². The summed E-state index contributed by atoms with van der Waals surface area (Å²) in [4.78, 5) is 20.8. The number of carbonyl (C=O) groups is 1. The SMILES string of the molecule is Cc1ccc(C(C)NCCC(=O)O)cc1[N+](=O)[O-]. The molecule has 0 aliphatic rings. The standard InChI is InChI=1S/C12H16N2O4/c1-8-3-4-10(7-11(8)14(17)18)9(2)13-6-5-12(15)16/h3-4,7,9,13H,5-6H2,1-2H3,(H,15,16). The number of hydrogen-bond donors (Lipinski definition) is 2.